The van der Waals surface area contributed by atoms with Crippen molar-refractivity contribution >= 4 is 45.2 Å². The standard InChI is InChI=1S/C23H27F3O6S.C22H27ClO3/c1-22-10-9-17-16-7-5-15(32-33(29,30)23(24,25)26)11-13(16)3-6-18(17)21(22)14(12-19(22)27)4-8-20(28)31-2;1-22-10-9-17-16-7-5-15(23)11-13(16)3-6-18(17)21(22)14(12-19(22)24)4-8-20(25)26-2/h5,7,11,14,17-18,21H,3-4,6,8-10,12H2,1-2H3;5,7,11,14,17-18,21H,3-4,6,8-10,12H2,1-2H3/t2*14-,17-,18-,21+,22-/m11/s1. The van der Waals surface area contributed by atoms with E-state index in [4.69, 9.17) is 21.1 Å². The maximum atomic E-state index is 13.0. The minimum Gasteiger partial charge on any atom is -0.469 e. The molecular weight excluding hydrogens is 809 g/mol. The van der Waals surface area contributed by atoms with Gasteiger partial charge in [0.15, 0.2) is 0 Å². The first kappa shape index (κ1) is 43.6. The second-order valence-corrected chi connectivity index (χ2v) is 20.2. The van der Waals surface area contributed by atoms with Gasteiger partial charge >= 0.3 is 27.6 Å². The molecular formula is C45H54ClF3O9S. The Morgan fingerprint density at radius 2 is 1.20 bits per heavy atom. The summed E-state index contributed by atoms with van der Waals surface area (Å²) >= 11 is 6.20. The van der Waals surface area contributed by atoms with Crippen LogP contribution >= 0.6 is 11.6 Å². The maximum Gasteiger partial charge on any atom is 0.534 e. The molecule has 10 atom stereocenters. The quantitative estimate of drug-likeness (QED) is 0.145. The van der Waals surface area contributed by atoms with Crippen LogP contribution in [0.25, 0.3) is 0 Å². The summed E-state index contributed by atoms with van der Waals surface area (Å²) in [6.45, 7) is 4.22. The second kappa shape index (κ2) is 16.4. The third-order valence-corrected chi connectivity index (χ3v) is 16.7. The molecule has 4 saturated carbocycles. The van der Waals surface area contributed by atoms with Crippen LogP contribution in [0.2, 0.25) is 5.02 Å². The van der Waals surface area contributed by atoms with Crippen molar-refractivity contribution in [2.24, 2.45) is 46.3 Å². The number of Topliss-reactive ketones (excluding diaryl/α,β-unsaturated/α-hetero) is 2. The van der Waals surface area contributed by atoms with Crippen molar-refractivity contribution in [2.75, 3.05) is 14.2 Å². The molecule has 6 aliphatic rings. The Kier molecular flexibility index (Phi) is 12.2. The Hall–Kier alpha value is -3.45. The highest BCUT2D eigenvalue weighted by Crippen LogP contribution is 2.64. The molecule has 14 heteroatoms. The molecule has 0 radical (unpaired) electrons. The largest absolute Gasteiger partial charge is 0.534 e. The van der Waals surface area contributed by atoms with Crippen LogP contribution in [-0.4, -0.2) is 51.7 Å². The van der Waals surface area contributed by atoms with E-state index in [1.165, 1.54) is 37.5 Å². The zero-order chi connectivity index (χ0) is 42.7. The first-order valence-electron chi connectivity index (χ1n) is 20.9. The average Bonchev–Trinajstić information content (AvgIpc) is 3.61. The number of benzene rings is 2. The summed E-state index contributed by atoms with van der Waals surface area (Å²) in [5.74, 6) is 2.19. The summed E-state index contributed by atoms with van der Waals surface area (Å²) in [5, 5.41) is 0.815. The lowest BCUT2D eigenvalue weighted by Gasteiger charge is -2.50. The Bertz CT molecular complexity index is 2100. The highest BCUT2D eigenvalue weighted by Gasteiger charge is 2.60. The third-order valence-electron chi connectivity index (χ3n) is 15.5. The van der Waals surface area contributed by atoms with Gasteiger partial charge in [-0.05, 0) is 158 Å². The van der Waals surface area contributed by atoms with Crippen molar-refractivity contribution in [1.82, 2.24) is 0 Å². The summed E-state index contributed by atoms with van der Waals surface area (Å²) in [6, 6.07) is 10.7. The van der Waals surface area contributed by atoms with Gasteiger partial charge in [-0.1, -0.05) is 37.6 Å². The predicted molar refractivity (Wildman–Crippen MR) is 213 cm³/mol. The summed E-state index contributed by atoms with van der Waals surface area (Å²) < 4.78 is 74.7. The van der Waals surface area contributed by atoms with Gasteiger partial charge in [-0.3, -0.25) is 19.2 Å². The Labute approximate surface area is 349 Å². The molecule has 0 aliphatic heterocycles. The number of hydrogen-bond donors (Lipinski definition) is 0. The van der Waals surface area contributed by atoms with Gasteiger partial charge in [-0.25, -0.2) is 0 Å². The fourth-order valence-corrected chi connectivity index (χ4v) is 13.4. The fraction of sp³-hybridized carbons (Fsp3) is 0.644. The summed E-state index contributed by atoms with van der Waals surface area (Å²) in [7, 11) is -2.94. The number of ether oxygens (including phenoxy) is 2. The molecule has 322 valence electrons. The molecule has 0 unspecified atom stereocenters. The van der Waals surface area contributed by atoms with Gasteiger partial charge in [0, 0.05) is 41.5 Å². The summed E-state index contributed by atoms with van der Waals surface area (Å²) in [6.07, 6.45) is 10.2. The monoisotopic (exact) mass is 862 g/mol. The van der Waals surface area contributed by atoms with Crippen LogP contribution < -0.4 is 4.18 Å². The SMILES string of the molecule is COC(=O)CC[C@@H]1CC(=O)[C@@]2(C)CC[C@@H]3c4ccc(Cl)cc4CC[C@H]3[C@H]12.COC(=O)CC[C@@H]1CC(=O)[C@@]2(C)CC[C@@H]3c4ccc(OS(=O)(=O)C(F)(F)F)cc4CC[C@H]3[C@H]12. The van der Waals surface area contributed by atoms with E-state index in [0.29, 0.717) is 68.0 Å². The number of hydrogen-bond acceptors (Lipinski definition) is 9. The molecule has 0 N–H and O–H groups in total. The molecule has 0 heterocycles. The normalized spacial score (nSPS) is 33.2. The van der Waals surface area contributed by atoms with Crippen molar-refractivity contribution in [3.05, 3.63) is 63.7 Å². The van der Waals surface area contributed by atoms with Gasteiger partial charge in [0.1, 0.15) is 17.3 Å². The molecule has 0 saturated heterocycles. The maximum absolute atomic E-state index is 13.0. The van der Waals surface area contributed by atoms with Gasteiger partial charge in [-0.2, -0.15) is 21.6 Å². The molecule has 9 nitrogen and oxygen atoms in total. The van der Waals surface area contributed by atoms with E-state index in [2.05, 4.69) is 23.2 Å². The van der Waals surface area contributed by atoms with Crippen LogP contribution in [0.3, 0.4) is 0 Å². The minimum atomic E-state index is -5.72. The Morgan fingerprint density at radius 1 is 0.746 bits per heavy atom. The number of carbonyl (C=O) groups is 4. The summed E-state index contributed by atoms with van der Waals surface area (Å²) in [5.41, 5.74) is -1.52. The van der Waals surface area contributed by atoms with E-state index in [9.17, 15) is 40.8 Å². The van der Waals surface area contributed by atoms with E-state index in [1.54, 1.807) is 6.07 Å². The number of ketones is 2. The zero-order valence-corrected chi connectivity index (χ0v) is 35.6. The average molecular weight is 863 g/mol. The number of aryl methyl sites for hydroxylation is 2. The Morgan fingerprint density at radius 3 is 1.66 bits per heavy atom. The number of esters is 2. The van der Waals surface area contributed by atoms with Gasteiger partial charge in [-0.15, -0.1) is 0 Å². The first-order valence-corrected chi connectivity index (χ1v) is 22.7. The number of rotatable bonds is 8. The molecule has 4 fully saturated rings. The second-order valence-electron chi connectivity index (χ2n) is 18.3. The van der Waals surface area contributed by atoms with Crippen LogP contribution in [0, 0.1) is 46.3 Å². The fourth-order valence-electron chi connectivity index (χ4n) is 12.8. The lowest BCUT2D eigenvalue weighted by Crippen LogP contribution is -2.44. The third kappa shape index (κ3) is 8.08. The first-order chi connectivity index (χ1) is 27.8. The highest BCUT2D eigenvalue weighted by molar-refractivity contribution is 7.88. The van der Waals surface area contributed by atoms with Gasteiger partial charge in [0.25, 0.3) is 0 Å². The van der Waals surface area contributed by atoms with E-state index in [1.807, 2.05) is 13.0 Å². The van der Waals surface area contributed by atoms with Crippen molar-refractivity contribution in [3.8, 4) is 5.75 Å². The molecule has 0 aromatic heterocycles. The summed E-state index contributed by atoms with van der Waals surface area (Å²) in [4.78, 5) is 49.2. The van der Waals surface area contributed by atoms with E-state index in [0.717, 1.165) is 61.1 Å². The molecule has 8 rings (SSSR count). The Balaban J connectivity index is 0.000000184. The van der Waals surface area contributed by atoms with Gasteiger partial charge in [0.2, 0.25) is 0 Å². The number of fused-ring (bicyclic) bond motifs is 10. The van der Waals surface area contributed by atoms with Crippen molar-refractivity contribution in [1.29, 1.82) is 0 Å². The highest BCUT2D eigenvalue weighted by atomic mass is 35.5. The molecule has 0 spiro atoms. The van der Waals surface area contributed by atoms with E-state index < -0.39 is 21.0 Å². The van der Waals surface area contributed by atoms with E-state index in [-0.39, 0.29) is 59.0 Å². The number of carbonyl (C=O) groups excluding carboxylic acids is 4. The lowest BCUT2D eigenvalue weighted by atomic mass is 9.54. The molecule has 6 aliphatic carbocycles. The van der Waals surface area contributed by atoms with Crippen LogP contribution in [0.15, 0.2) is 36.4 Å². The molecule has 0 bridgehead atoms. The molecule has 0 amide bonds. The van der Waals surface area contributed by atoms with Crippen LogP contribution in [0.5, 0.6) is 5.75 Å². The molecule has 2 aromatic carbocycles. The predicted octanol–water partition coefficient (Wildman–Crippen LogP) is 9.46. The molecule has 59 heavy (non-hydrogen) atoms. The zero-order valence-electron chi connectivity index (χ0n) is 34.1. The number of halogens is 4. The van der Waals surface area contributed by atoms with Crippen molar-refractivity contribution in [2.45, 2.75) is 121 Å². The number of alkyl halides is 3. The minimum absolute atomic E-state index is 0.0930. The van der Waals surface area contributed by atoms with Crippen LogP contribution in [0.1, 0.15) is 125 Å². The molecule has 2 aromatic rings. The number of methoxy groups -OCH3 is 2. The van der Waals surface area contributed by atoms with Crippen molar-refractivity contribution < 1.29 is 54.4 Å². The van der Waals surface area contributed by atoms with Gasteiger partial charge in [0.05, 0.1) is 14.2 Å². The van der Waals surface area contributed by atoms with E-state index >= 15 is 0 Å². The van der Waals surface area contributed by atoms with Crippen LogP contribution in [-0.2, 0) is 51.6 Å². The van der Waals surface area contributed by atoms with Crippen LogP contribution in [0.4, 0.5) is 13.2 Å². The lowest BCUT2D eigenvalue weighted by molar-refractivity contribution is -0.142. The topological polar surface area (TPSA) is 130 Å². The van der Waals surface area contributed by atoms with Crippen molar-refractivity contribution in [3.63, 3.8) is 0 Å². The smallest absolute Gasteiger partial charge is 0.469 e. The van der Waals surface area contributed by atoms with Gasteiger partial charge < -0.3 is 13.7 Å².